The predicted molar refractivity (Wildman–Crippen MR) is 54.4 cm³/mol. The lowest BCUT2D eigenvalue weighted by Crippen LogP contribution is -2.07. The number of rotatable bonds is 3. The molecule has 0 saturated heterocycles. The lowest BCUT2D eigenvalue weighted by atomic mass is 10.3. The zero-order chi connectivity index (χ0) is 9.84. The molecule has 0 spiro atoms. The van der Waals surface area contributed by atoms with Crippen LogP contribution in [0.3, 0.4) is 0 Å². The van der Waals surface area contributed by atoms with Crippen molar-refractivity contribution in [3.8, 4) is 5.75 Å². The van der Waals surface area contributed by atoms with Crippen molar-refractivity contribution >= 4 is 15.9 Å². The summed E-state index contributed by atoms with van der Waals surface area (Å²) in [5.74, 6) is 0.180. The molecule has 1 atom stereocenters. The molecule has 0 aromatic heterocycles. The molecule has 0 aliphatic carbocycles. The molecule has 0 radical (unpaired) electrons. The third kappa shape index (κ3) is 3.19. The minimum atomic E-state index is -0.319. The van der Waals surface area contributed by atoms with Gasteiger partial charge < -0.3 is 4.74 Å². The third-order valence-electron chi connectivity index (χ3n) is 1.49. The van der Waals surface area contributed by atoms with E-state index in [4.69, 9.17) is 4.74 Å². The standard InChI is InChI=1S/C10H10BrFO/c1-3-7(2)13-10-5-8(11)4-9(12)6-10/h3-7H,1H2,2H3. The third-order valence-corrected chi connectivity index (χ3v) is 1.95. The van der Waals surface area contributed by atoms with E-state index in [9.17, 15) is 4.39 Å². The van der Waals surface area contributed by atoms with Crippen LogP contribution >= 0.6 is 15.9 Å². The fraction of sp³-hybridized carbons (Fsp3) is 0.200. The van der Waals surface area contributed by atoms with Gasteiger partial charge in [-0.15, -0.1) is 0 Å². The van der Waals surface area contributed by atoms with Gasteiger partial charge in [0.2, 0.25) is 0 Å². The van der Waals surface area contributed by atoms with Crippen molar-refractivity contribution in [2.45, 2.75) is 13.0 Å². The molecule has 1 aromatic rings. The second kappa shape index (κ2) is 4.42. The van der Waals surface area contributed by atoms with E-state index in [1.54, 1.807) is 12.1 Å². The number of halogens is 2. The van der Waals surface area contributed by atoms with Gasteiger partial charge in [0.05, 0.1) is 0 Å². The molecule has 13 heavy (non-hydrogen) atoms. The first kappa shape index (κ1) is 10.3. The fourth-order valence-electron chi connectivity index (χ4n) is 0.859. The van der Waals surface area contributed by atoms with Crippen LogP contribution in [0.5, 0.6) is 5.75 Å². The Morgan fingerprint density at radius 2 is 2.23 bits per heavy atom. The molecule has 1 aromatic carbocycles. The summed E-state index contributed by atoms with van der Waals surface area (Å²) in [6.07, 6.45) is 1.53. The number of hydrogen-bond donors (Lipinski definition) is 0. The highest BCUT2D eigenvalue weighted by molar-refractivity contribution is 9.10. The maximum Gasteiger partial charge on any atom is 0.128 e. The molecule has 0 bridgehead atoms. The zero-order valence-electron chi connectivity index (χ0n) is 7.26. The maximum absolute atomic E-state index is 12.8. The lowest BCUT2D eigenvalue weighted by Gasteiger charge is -2.10. The normalized spacial score (nSPS) is 12.2. The Balaban J connectivity index is 2.82. The van der Waals surface area contributed by atoms with Gasteiger partial charge in [0.25, 0.3) is 0 Å². The van der Waals surface area contributed by atoms with E-state index in [1.807, 2.05) is 6.92 Å². The molecule has 0 amide bonds. The zero-order valence-corrected chi connectivity index (χ0v) is 8.84. The van der Waals surface area contributed by atoms with Crippen LogP contribution in [-0.4, -0.2) is 6.10 Å². The summed E-state index contributed by atoms with van der Waals surface area (Å²) in [5, 5.41) is 0. The molecule has 0 heterocycles. The molecule has 0 aliphatic rings. The Kier molecular flexibility index (Phi) is 3.48. The maximum atomic E-state index is 12.8. The molecule has 0 aliphatic heterocycles. The van der Waals surface area contributed by atoms with Crippen LogP contribution in [0.1, 0.15) is 6.92 Å². The highest BCUT2D eigenvalue weighted by Gasteiger charge is 2.02. The first-order valence-corrected chi connectivity index (χ1v) is 4.66. The Labute approximate surface area is 85.3 Å². The van der Waals surface area contributed by atoms with Crippen LogP contribution in [0, 0.1) is 5.82 Å². The van der Waals surface area contributed by atoms with Crippen LogP contribution in [0.15, 0.2) is 35.3 Å². The molecule has 70 valence electrons. The number of benzene rings is 1. The van der Waals surface area contributed by atoms with Gasteiger partial charge >= 0.3 is 0 Å². The Morgan fingerprint density at radius 3 is 2.77 bits per heavy atom. The minimum Gasteiger partial charge on any atom is -0.487 e. The largest absolute Gasteiger partial charge is 0.487 e. The van der Waals surface area contributed by atoms with E-state index in [1.165, 1.54) is 12.1 Å². The van der Waals surface area contributed by atoms with E-state index < -0.39 is 0 Å². The average Bonchev–Trinajstić information content (AvgIpc) is 2.02. The Bertz CT molecular complexity index is 292. The van der Waals surface area contributed by atoms with Crippen LogP contribution in [-0.2, 0) is 0 Å². The summed E-state index contributed by atoms with van der Waals surface area (Å²) in [4.78, 5) is 0. The van der Waals surface area contributed by atoms with Crippen LogP contribution in [0.4, 0.5) is 4.39 Å². The van der Waals surface area contributed by atoms with E-state index >= 15 is 0 Å². The molecular formula is C10H10BrFO. The van der Waals surface area contributed by atoms with Crippen molar-refractivity contribution in [1.82, 2.24) is 0 Å². The van der Waals surface area contributed by atoms with E-state index in [0.717, 1.165) is 0 Å². The van der Waals surface area contributed by atoms with Crippen molar-refractivity contribution in [1.29, 1.82) is 0 Å². The summed E-state index contributed by atoms with van der Waals surface area (Å²) in [5.41, 5.74) is 0. The van der Waals surface area contributed by atoms with Gasteiger partial charge in [0.15, 0.2) is 0 Å². The number of ether oxygens (including phenoxy) is 1. The Hall–Kier alpha value is -0.830. The molecule has 1 rings (SSSR count). The molecule has 0 saturated carbocycles. The van der Waals surface area contributed by atoms with E-state index in [-0.39, 0.29) is 11.9 Å². The molecule has 1 nitrogen and oxygen atoms in total. The van der Waals surface area contributed by atoms with Crippen molar-refractivity contribution in [3.05, 3.63) is 41.1 Å². The summed E-state index contributed by atoms with van der Waals surface area (Å²) >= 11 is 3.18. The fourth-order valence-corrected chi connectivity index (χ4v) is 1.30. The first-order chi connectivity index (χ1) is 6.11. The summed E-state index contributed by atoms with van der Waals surface area (Å²) < 4.78 is 18.8. The van der Waals surface area contributed by atoms with Crippen molar-refractivity contribution in [2.24, 2.45) is 0 Å². The van der Waals surface area contributed by atoms with Gasteiger partial charge in [-0.3, -0.25) is 0 Å². The monoisotopic (exact) mass is 244 g/mol. The quantitative estimate of drug-likeness (QED) is 0.740. The van der Waals surface area contributed by atoms with Gasteiger partial charge in [-0.05, 0) is 19.1 Å². The second-order valence-corrected chi connectivity index (χ2v) is 3.58. The summed E-state index contributed by atoms with van der Waals surface area (Å²) in [7, 11) is 0. The predicted octanol–water partition coefficient (Wildman–Crippen LogP) is 3.54. The van der Waals surface area contributed by atoms with Crippen molar-refractivity contribution in [2.75, 3.05) is 0 Å². The lowest BCUT2D eigenvalue weighted by molar-refractivity contribution is 0.269. The topological polar surface area (TPSA) is 9.23 Å². The molecule has 0 N–H and O–H groups in total. The van der Waals surface area contributed by atoms with Crippen LogP contribution in [0.25, 0.3) is 0 Å². The molecule has 3 heteroatoms. The van der Waals surface area contributed by atoms with Gasteiger partial charge in [0.1, 0.15) is 17.7 Å². The van der Waals surface area contributed by atoms with Gasteiger partial charge in [-0.1, -0.05) is 28.6 Å². The van der Waals surface area contributed by atoms with Gasteiger partial charge in [0, 0.05) is 10.5 Å². The summed E-state index contributed by atoms with van der Waals surface area (Å²) in [6.45, 7) is 5.41. The van der Waals surface area contributed by atoms with Gasteiger partial charge in [-0.25, -0.2) is 4.39 Å². The first-order valence-electron chi connectivity index (χ1n) is 3.87. The smallest absolute Gasteiger partial charge is 0.128 e. The highest BCUT2D eigenvalue weighted by Crippen LogP contribution is 2.21. The highest BCUT2D eigenvalue weighted by atomic mass is 79.9. The number of hydrogen-bond acceptors (Lipinski definition) is 1. The average molecular weight is 245 g/mol. The van der Waals surface area contributed by atoms with Crippen LogP contribution in [0.2, 0.25) is 0 Å². The second-order valence-electron chi connectivity index (χ2n) is 2.66. The van der Waals surface area contributed by atoms with Crippen LogP contribution < -0.4 is 4.74 Å². The SMILES string of the molecule is C=CC(C)Oc1cc(F)cc(Br)c1. The van der Waals surface area contributed by atoms with Crippen molar-refractivity contribution < 1.29 is 9.13 Å². The van der Waals surface area contributed by atoms with Gasteiger partial charge in [-0.2, -0.15) is 0 Å². The molecule has 0 fully saturated rings. The van der Waals surface area contributed by atoms with E-state index in [2.05, 4.69) is 22.5 Å². The molecular weight excluding hydrogens is 235 g/mol. The summed E-state index contributed by atoms with van der Waals surface area (Å²) in [6, 6.07) is 4.43. The Morgan fingerprint density at radius 1 is 1.54 bits per heavy atom. The minimum absolute atomic E-state index is 0.117. The van der Waals surface area contributed by atoms with Crippen molar-refractivity contribution in [3.63, 3.8) is 0 Å². The molecule has 1 unspecified atom stereocenters. The van der Waals surface area contributed by atoms with E-state index in [0.29, 0.717) is 10.2 Å².